The number of pyridine rings is 1. The summed E-state index contributed by atoms with van der Waals surface area (Å²) in [6.45, 7) is 0.893. The molecular formula is C22H23FN2O3S. The molecule has 0 saturated carbocycles. The maximum atomic E-state index is 13.6. The highest BCUT2D eigenvalue weighted by molar-refractivity contribution is 7.91. The Bertz CT molecular complexity index is 1100. The molecule has 152 valence electrons. The van der Waals surface area contributed by atoms with Crippen LogP contribution < -0.4 is 10.1 Å². The van der Waals surface area contributed by atoms with Crippen LogP contribution in [0.15, 0.2) is 54.6 Å². The zero-order valence-electron chi connectivity index (χ0n) is 16.0. The Morgan fingerprint density at radius 2 is 1.97 bits per heavy atom. The number of hydrogen-bond acceptors (Lipinski definition) is 5. The molecule has 4 rings (SSSR count). The van der Waals surface area contributed by atoms with Crippen LogP contribution >= 0.6 is 0 Å². The van der Waals surface area contributed by atoms with E-state index in [-0.39, 0.29) is 23.4 Å². The fourth-order valence-electron chi connectivity index (χ4n) is 3.54. The molecule has 1 unspecified atom stereocenters. The summed E-state index contributed by atoms with van der Waals surface area (Å²) in [5.41, 5.74) is 2.53. The van der Waals surface area contributed by atoms with E-state index in [1.165, 1.54) is 12.1 Å². The third-order valence-corrected chi connectivity index (χ3v) is 6.87. The molecule has 1 aliphatic heterocycles. The van der Waals surface area contributed by atoms with E-state index >= 15 is 0 Å². The van der Waals surface area contributed by atoms with E-state index in [1.807, 2.05) is 36.4 Å². The normalized spacial score (nSPS) is 18.2. The number of benzene rings is 2. The largest absolute Gasteiger partial charge is 0.477 e. The van der Waals surface area contributed by atoms with E-state index in [4.69, 9.17) is 4.74 Å². The molecule has 2 heterocycles. The van der Waals surface area contributed by atoms with Crippen LogP contribution in [0.1, 0.15) is 17.5 Å². The van der Waals surface area contributed by atoms with Crippen LogP contribution in [0.4, 0.5) is 4.39 Å². The first-order valence-corrected chi connectivity index (χ1v) is 11.5. The van der Waals surface area contributed by atoms with Gasteiger partial charge < -0.3 is 10.1 Å². The van der Waals surface area contributed by atoms with Gasteiger partial charge in [0.1, 0.15) is 5.82 Å². The van der Waals surface area contributed by atoms with Crippen molar-refractivity contribution in [3.63, 3.8) is 0 Å². The Balaban J connectivity index is 1.51. The molecule has 1 saturated heterocycles. The minimum Gasteiger partial charge on any atom is -0.477 e. The number of ether oxygens (including phenoxy) is 1. The van der Waals surface area contributed by atoms with Gasteiger partial charge in [0.25, 0.3) is 0 Å². The van der Waals surface area contributed by atoms with Crippen molar-refractivity contribution in [2.24, 2.45) is 0 Å². The van der Waals surface area contributed by atoms with Crippen LogP contribution in [0.3, 0.4) is 0 Å². The van der Waals surface area contributed by atoms with Gasteiger partial charge in [-0.05, 0) is 30.2 Å². The van der Waals surface area contributed by atoms with Gasteiger partial charge in [0.15, 0.2) is 9.84 Å². The number of halogens is 1. The third kappa shape index (κ3) is 5.10. The standard InChI is InChI=1S/C22H23FN2O3S/c23-19-7-6-17-12-18(14-24-20-9-11-29(26,27)15-20)22(25-21(17)13-19)28-10-8-16-4-2-1-3-5-16/h1-7,12-13,20,24H,8-11,14-15H2. The Kier molecular flexibility index (Phi) is 5.78. The molecule has 0 bridgehead atoms. The van der Waals surface area contributed by atoms with Crippen molar-refractivity contribution >= 4 is 20.7 Å². The first-order chi connectivity index (χ1) is 14.0. The second-order valence-electron chi connectivity index (χ2n) is 7.35. The topological polar surface area (TPSA) is 68.3 Å². The fraction of sp³-hybridized carbons (Fsp3) is 0.318. The molecule has 1 fully saturated rings. The van der Waals surface area contributed by atoms with Crippen molar-refractivity contribution in [1.82, 2.24) is 10.3 Å². The van der Waals surface area contributed by atoms with Gasteiger partial charge >= 0.3 is 0 Å². The molecule has 29 heavy (non-hydrogen) atoms. The molecule has 0 radical (unpaired) electrons. The van der Waals surface area contributed by atoms with Crippen molar-refractivity contribution in [2.75, 3.05) is 18.1 Å². The molecule has 0 amide bonds. The SMILES string of the molecule is O=S1(=O)CCC(NCc2cc3ccc(F)cc3nc2OCCc2ccccc2)C1. The summed E-state index contributed by atoms with van der Waals surface area (Å²) in [6.07, 6.45) is 1.34. The molecule has 3 aromatic rings. The predicted octanol–water partition coefficient (Wildman–Crippen LogP) is 3.27. The highest BCUT2D eigenvalue weighted by Gasteiger charge is 2.27. The average Bonchev–Trinajstić information content (AvgIpc) is 3.06. The van der Waals surface area contributed by atoms with Gasteiger partial charge in [0, 0.05) is 36.0 Å². The molecule has 1 N–H and O–H groups in total. The Labute approximate surface area is 169 Å². The van der Waals surface area contributed by atoms with Gasteiger partial charge in [-0.3, -0.25) is 0 Å². The Hall–Kier alpha value is -2.51. The maximum absolute atomic E-state index is 13.6. The maximum Gasteiger partial charge on any atom is 0.218 e. The summed E-state index contributed by atoms with van der Waals surface area (Å²) < 4.78 is 42.9. The van der Waals surface area contributed by atoms with Gasteiger partial charge in [0.2, 0.25) is 5.88 Å². The van der Waals surface area contributed by atoms with Crippen LogP contribution in [-0.4, -0.2) is 37.6 Å². The summed E-state index contributed by atoms with van der Waals surface area (Å²) in [7, 11) is -2.95. The highest BCUT2D eigenvalue weighted by Crippen LogP contribution is 2.24. The van der Waals surface area contributed by atoms with Gasteiger partial charge in [-0.2, -0.15) is 0 Å². The van der Waals surface area contributed by atoms with Gasteiger partial charge in [-0.25, -0.2) is 17.8 Å². The first kappa shape index (κ1) is 19.8. The smallest absolute Gasteiger partial charge is 0.218 e. The summed E-state index contributed by atoms with van der Waals surface area (Å²) in [5.74, 6) is 0.485. The molecule has 5 nitrogen and oxygen atoms in total. The number of sulfone groups is 1. The molecule has 7 heteroatoms. The van der Waals surface area contributed by atoms with E-state index in [9.17, 15) is 12.8 Å². The predicted molar refractivity (Wildman–Crippen MR) is 111 cm³/mol. The summed E-state index contributed by atoms with van der Waals surface area (Å²) in [5, 5.41) is 4.12. The average molecular weight is 415 g/mol. The molecule has 1 atom stereocenters. The van der Waals surface area contributed by atoms with E-state index < -0.39 is 9.84 Å². The van der Waals surface area contributed by atoms with Crippen molar-refractivity contribution < 1.29 is 17.5 Å². The Morgan fingerprint density at radius 1 is 1.14 bits per heavy atom. The fourth-order valence-corrected chi connectivity index (χ4v) is 5.25. The zero-order chi connectivity index (χ0) is 20.3. The monoisotopic (exact) mass is 414 g/mol. The van der Waals surface area contributed by atoms with Crippen LogP contribution in [0.5, 0.6) is 5.88 Å². The molecular weight excluding hydrogens is 391 g/mol. The summed E-state index contributed by atoms with van der Waals surface area (Å²) in [6, 6.07) is 16.4. The van der Waals surface area contributed by atoms with Crippen molar-refractivity contribution in [1.29, 1.82) is 0 Å². The molecule has 1 aromatic heterocycles. The van der Waals surface area contributed by atoms with Crippen molar-refractivity contribution in [3.05, 3.63) is 71.5 Å². The lowest BCUT2D eigenvalue weighted by Gasteiger charge is -2.15. The molecule has 2 aromatic carbocycles. The molecule has 0 aliphatic carbocycles. The number of nitrogens with one attached hydrogen (secondary N) is 1. The second-order valence-corrected chi connectivity index (χ2v) is 9.58. The van der Waals surface area contributed by atoms with Gasteiger partial charge in [-0.1, -0.05) is 30.3 Å². The zero-order valence-corrected chi connectivity index (χ0v) is 16.8. The number of aromatic nitrogens is 1. The summed E-state index contributed by atoms with van der Waals surface area (Å²) >= 11 is 0. The highest BCUT2D eigenvalue weighted by atomic mass is 32.2. The van der Waals surface area contributed by atoms with Crippen molar-refractivity contribution in [3.8, 4) is 5.88 Å². The second kappa shape index (κ2) is 8.47. The number of hydrogen-bond donors (Lipinski definition) is 1. The quantitative estimate of drug-likeness (QED) is 0.643. The van der Waals surface area contributed by atoms with Crippen LogP contribution in [-0.2, 0) is 22.8 Å². The van der Waals surface area contributed by atoms with Crippen molar-refractivity contribution in [2.45, 2.75) is 25.4 Å². The third-order valence-electron chi connectivity index (χ3n) is 5.10. The van der Waals surface area contributed by atoms with Gasteiger partial charge in [0.05, 0.1) is 23.6 Å². The summed E-state index contributed by atoms with van der Waals surface area (Å²) in [4.78, 5) is 4.52. The van der Waals surface area contributed by atoms with Crippen LogP contribution in [0.25, 0.3) is 10.9 Å². The number of fused-ring (bicyclic) bond motifs is 1. The number of nitrogens with zero attached hydrogens (tertiary/aromatic N) is 1. The lowest BCUT2D eigenvalue weighted by Crippen LogP contribution is -2.29. The van der Waals surface area contributed by atoms with Gasteiger partial charge in [-0.15, -0.1) is 0 Å². The number of rotatable bonds is 7. The van der Waals surface area contributed by atoms with E-state index in [0.29, 0.717) is 31.0 Å². The van der Waals surface area contributed by atoms with E-state index in [0.717, 1.165) is 22.9 Å². The molecule has 1 aliphatic rings. The minimum absolute atomic E-state index is 0.0684. The lowest BCUT2D eigenvalue weighted by atomic mass is 10.1. The molecule has 0 spiro atoms. The lowest BCUT2D eigenvalue weighted by molar-refractivity contribution is 0.306. The minimum atomic E-state index is -2.95. The van der Waals surface area contributed by atoms with E-state index in [1.54, 1.807) is 6.07 Å². The van der Waals surface area contributed by atoms with Crippen LogP contribution in [0, 0.1) is 5.82 Å². The van der Waals surface area contributed by atoms with Crippen LogP contribution in [0.2, 0.25) is 0 Å². The van der Waals surface area contributed by atoms with E-state index in [2.05, 4.69) is 10.3 Å². The Morgan fingerprint density at radius 3 is 2.72 bits per heavy atom. The first-order valence-electron chi connectivity index (χ1n) is 9.68.